The molecule has 1 saturated carbocycles. The molecule has 1 aromatic rings. The van der Waals surface area contributed by atoms with Gasteiger partial charge in [0.15, 0.2) is 0 Å². The third kappa shape index (κ3) is 3.41. The average Bonchev–Trinajstić information content (AvgIpc) is 2.98. The summed E-state index contributed by atoms with van der Waals surface area (Å²) in [7, 11) is 0. The smallest absolute Gasteiger partial charge is 0.107 e. The van der Waals surface area contributed by atoms with E-state index in [2.05, 4.69) is 23.6 Å². The summed E-state index contributed by atoms with van der Waals surface area (Å²) in [5.74, 6) is 0. The van der Waals surface area contributed by atoms with Gasteiger partial charge in [-0.15, -0.1) is 11.3 Å². The van der Waals surface area contributed by atoms with Crippen molar-refractivity contribution in [3.63, 3.8) is 0 Å². The van der Waals surface area contributed by atoms with Crippen molar-refractivity contribution in [3.05, 3.63) is 15.6 Å². The fourth-order valence-electron chi connectivity index (χ4n) is 3.58. The van der Waals surface area contributed by atoms with E-state index in [1.807, 2.05) is 11.3 Å². The summed E-state index contributed by atoms with van der Waals surface area (Å²) < 4.78 is 0. The van der Waals surface area contributed by atoms with Crippen LogP contribution in [0.1, 0.15) is 47.7 Å². The third-order valence-corrected chi connectivity index (χ3v) is 5.95. The second-order valence-electron chi connectivity index (χ2n) is 6.35. The maximum absolute atomic E-state index is 4.69. The van der Waals surface area contributed by atoms with Gasteiger partial charge >= 0.3 is 0 Å². The molecule has 3 nitrogen and oxygen atoms in total. The van der Waals surface area contributed by atoms with Crippen LogP contribution in [0.5, 0.6) is 0 Å². The van der Waals surface area contributed by atoms with Crippen LogP contribution in [-0.4, -0.2) is 47.0 Å². The van der Waals surface area contributed by atoms with E-state index in [0.717, 1.165) is 12.6 Å². The van der Waals surface area contributed by atoms with Crippen LogP contribution in [-0.2, 0) is 6.54 Å². The first-order valence-electron chi connectivity index (χ1n) is 8.11. The minimum atomic E-state index is 0.888. The quantitative estimate of drug-likeness (QED) is 0.853. The Morgan fingerprint density at radius 2 is 1.85 bits per heavy atom. The molecule has 1 aliphatic carbocycles. The molecule has 1 saturated heterocycles. The molecule has 0 aromatic carbocycles. The lowest BCUT2D eigenvalue weighted by atomic mass is 10.2. The zero-order valence-electron chi connectivity index (χ0n) is 12.9. The van der Waals surface area contributed by atoms with Crippen molar-refractivity contribution in [3.8, 4) is 0 Å². The van der Waals surface area contributed by atoms with Gasteiger partial charge in [0, 0.05) is 24.0 Å². The zero-order chi connectivity index (χ0) is 13.9. The van der Waals surface area contributed by atoms with E-state index in [-0.39, 0.29) is 0 Å². The summed E-state index contributed by atoms with van der Waals surface area (Å²) in [6.07, 6.45) is 7.08. The molecule has 0 amide bonds. The van der Waals surface area contributed by atoms with Gasteiger partial charge in [0.05, 0.1) is 12.2 Å². The van der Waals surface area contributed by atoms with Crippen LogP contribution in [0.2, 0.25) is 0 Å². The Balaban J connectivity index is 1.54. The molecule has 0 radical (unpaired) electrons. The Morgan fingerprint density at radius 3 is 2.55 bits per heavy atom. The second-order valence-corrected chi connectivity index (χ2v) is 7.64. The maximum Gasteiger partial charge on any atom is 0.107 e. The van der Waals surface area contributed by atoms with E-state index >= 15 is 0 Å². The Kier molecular flexibility index (Phi) is 4.74. The van der Waals surface area contributed by atoms with Crippen molar-refractivity contribution in [2.75, 3.05) is 26.2 Å². The summed E-state index contributed by atoms with van der Waals surface area (Å²) >= 11 is 1.87. The number of nitrogens with zero attached hydrogens (tertiary/aromatic N) is 3. The fourth-order valence-corrected chi connectivity index (χ4v) is 4.56. The van der Waals surface area contributed by atoms with E-state index in [1.54, 1.807) is 0 Å². The highest BCUT2D eigenvalue weighted by Gasteiger charge is 2.24. The Labute approximate surface area is 127 Å². The van der Waals surface area contributed by atoms with E-state index in [9.17, 15) is 0 Å². The van der Waals surface area contributed by atoms with Crippen LogP contribution in [0.3, 0.4) is 0 Å². The molecule has 2 fully saturated rings. The summed E-state index contributed by atoms with van der Waals surface area (Å²) in [5.41, 5.74) is 1.22. The highest BCUT2D eigenvalue weighted by Crippen LogP contribution is 2.25. The van der Waals surface area contributed by atoms with E-state index in [0.29, 0.717) is 0 Å². The summed E-state index contributed by atoms with van der Waals surface area (Å²) in [6.45, 7) is 10.4. The topological polar surface area (TPSA) is 19.4 Å². The van der Waals surface area contributed by atoms with Crippen LogP contribution in [0.15, 0.2) is 0 Å². The fraction of sp³-hybridized carbons (Fsp3) is 0.812. The first kappa shape index (κ1) is 14.5. The first-order valence-corrected chi connectivity index (χ1v) is 8.93. The third-order valence-electron chi connectivity index (χ3n) is 4.90. The van der Waals surface area contributed by atoms with Gasteiger partial charge in [-0.2, -0.15) is 0 Å². The molecule has 1 aromatic heterocycles. The molecule has 112 valence electrons. The Morgan fingerprint density at radius 1 is 1.05 bits per heavy atom. The number of aryl methyl sites for hydroxylation is 2. The van der Waals surface area contributed by atoms with Crippen molar-refractivity contribution in [2.24, 2.45) is 0 Å². The number of aromatic nitrogens is 1. The van der Waals surface area contributed by atoms with E-state index in [1.165, 1.54) is 73.9 Å². The Hall–Kier alpha value is -0.450. The molecule has 0 bridgehead atoms. The minimum Gasteiger partial charge on any atom is -0.299 e. The van der Waals surface area contributed by atoms with Gasteiger partial charge in [0.2, 0.25) is 0 Å². The van der Waals surface area contributed by atoms with Gasteiger partial charge < -0.3 is 0 Å². The maximum atomic E-state index is 4.69. The molecular formula is C16H27N3S. The monoisotopic (exact) mass is 293 g/mol. The molecule has 0 unspecified atom stereocenters. The summed E-state index contributed by atoms with van der Waals surface area (Å²) in [4.78, 5) is 11.4. The van der Waals surface area contributed by atoms with Crippen molar-refractivity contribution in [1.82, 2.24) is 14.8 Å². The lowest BCUT2D eigenvalue weighted by Crippen LogP contribution is -2.36. The van der Waals surface area contributed by atoms with E-state index < -0.39 is 0 Å². The normalized spacial score (nSPS) is 23.3. The minimum absolute atomic E-state index is 0.888. The van der Waals surface area contributed by atoms with Crippen LogP contribution in [0.25, 0.3) is 0 Å². The molecule has 3 rings (SSSR count). The molecule has 1 aliphatic heterocycles. The molecule has 20 heavy (non-hydrogen) atoms. The second kappa shape index (κ2) is 6.54. The largest absolute Gasteiger partial charge is 0.299 e. The zero-order valence-corrected chi connectivity index (χ0v) is 13.7. The van der Waals surface area contributed by atoms with Gasteiger partial charge in [0.25, 0.3) is 0 Å². The van der Waals surface area contributed by atoms with Crippen molar-refractivity contribution < 1.29 is 0 Å². The Bertz CT molecular complexity index is 417. The highest BCUT2D eigenvalue weighted by atomic mass is 32.1. The van der Waals surface area contributed by atoms with Crippen LogP contribution < -0.4 is 0 Å². The van der Waals surface area contributed by atoms with Gasteiger partial charge in [-0.3, -0.25) is 9.80 Å². The number of hydrogen-bond acceptors (Lipinski definition) is 4. The van der Waals surface area contributed by atoms with Crippen LogP contribution >= 0.6 is 11.3 Å². The molecule has 4 heteroatoms. The summed E-state index contributed by atoms with van der Waals surface area (Å²) in [6, 6.07) is 0.888. The van der Waals surface area contributed by atoms with Crippen molar-refractivity contribution in [2.45, 2.75) is 58.5 Å². The lowest BCUT2D eigenvalue weighted by molar-refractivity contribution is 0.198. The highest BCUT2D eigenvalue weighted by molar-refractivity contribution is 7.11. The molecule has 0 atom stereocenters. The first-order chi connectivity index (χ1) is 9.72. The van der Waals surface area contributed by atoms with E-state index in [4.69, 9.17) is 4.98 Å². The molecule has 0 N–H and O–H groups in total. The molecular weight excluding hydrogens is 266 g/mol. The SMILES string of the molecule is Cc1nc(CN2CCCN(C3CCCC3)CC2)sc1C. The number of hydrogen-bond donors (Lipinski definition) is 0. The molecule has 0 spiro atoms. The predicted molar refractivity (Wildman–Crippen MR) is 85.3 cm³/mol. The van der Waals surface area contributed by atoms with Gasteiger partial charge in [-0.05, 0) is 46.2 Å². The summed E-state index contributed by atoms with van der Waals surface area (Å²) in [5, 5.41) is 1.30. The van der Waals surface area contributed by atoms with Crippen LogP contribution in [0.4, 0.5) is 0 Å². The van der Waals surface area contributed by atoms with Crippen molar-refractivity contribution >= 4 is 11.3 Å². The molecule has 2 heterocycles. The average molecular weight is 293 g/mol. The van der Waals surface area contributed by atoms with Gasteiger partial charge in [-0.1, -0.05) is 12.8 Å². The van der Waals surface area contributed by atoms with Gasteiger partial charge in [0.1, 0.15) is 5.01 Å². The molecule has 2 aliphatic rings. The van der Waals surface area contributed by atoms with Crippen LogP contribution in [0, 0.1) is 13.8 Å². The number of rotatable bonds is 3. The number of thiazole rings is 1. The lowest BCUT2D eigenvalue weighted by Gasteiger charge is -2.27. The predicted octanol–water partition coefficient (Wildman–Crippen LogP) is 3.21. The standard InChI is InChI=1S/C16H27N3S/c1-13-14(2)20-16(17-13)12-18-8-5-9-19(11-10-18)15-6-3-4-7-15/h15H,3-12H2,1-2H3. The van der Waals surface area contributed by atoms with Gasteiger partial charge in [-0.25, -0.2) is 4.98 Å². The van der Waals surface area contributed by atoms with Crippen molar-refractivity contribution in [1.29, 1.82) is 0 Å².